The number of hydrogen-bond acceptors (Lipinski definition) is 5. The minimum Gasteiger partial charge on any atom is -0.379 e. The summed E-state index contributed by atoms with van der Waals surface area (Å²) in [4.78, 5) is 30.9. The highest BCUT2D eigenvalue weighted by molar-refractivity contribution is 5.83. The molecule has 3 heterocycles. The summed E-state index contributed by atoms with van der Waals surface area (Å²) in [6.07, 6.45) is 3.73. The van der Waals surface area contributed by atoms with Gasteiger partial charge in [-0.2, -0.15) is 5.10 Å². The van der Waals surface area contributed by atoms with Gasteiger partial charge in [-0.05, 0) is 18.9 Å². The lowest BCUT2D eigenvalue weighted by Gasteiger charge is -2.34. The second-order valence-corrected chi connectivity index (χ2v) is 7.16. The topological polar surface area (TPSA) is 81.8 Å². The van der Waals surface area contributed by atoms with E-state index in [1.54, 1.807) is 11.1 Å². The van der Waals surface area contributed by atoms with E-state index < -0.39 is 0 Å². The zero-order valence-corrected chi connectivity index (χ0v) is 15.5. The molecule has 2 amide bonds. The van der Waals surface area contributed by atoms with Crippen LogP contribution in [-0.2, 0) is 20.9 Å². The van der Waals surface area contributed by atoms with Crippen molar-refractivity contribution in [2.24, 2.45) is 5.92 Å². The van der Waals surface area contributed by atoms with Crippen molar-refractivity contribution in [3.63, 3.8) is 0 Å². The molecule has 0 unspecified atom stereocenters. The molecule has 1 aromatic heterocycles. The molecule has 1 aromatic rings. The van der Waals surface area contributed by atoms with Gasteiger partial charge in [0.1, 0.15) is 0 Å². The Kier molecular flexibility index (Phi) is 6.62. The van der Waals surface area contributed by atoms with E-state index in [0.717, 1.165) is 51.5 Å². The summed E-state index contributed by atoms with van der Waals surface area (Å²) in [5, 5.41) is 6.79. The maximum absolute atomic E-state index is 12.7. The van der Waals surface area contributed by atoms with Gasteiger partial charge in [-0.3, -0.25) is 19.6 Å². The number of H-pyrrole nitrogens is 1. The van der Waals surface area contributed by atoms with Crippen LogP contribution in [0.25, 0.3) is 0 Å². The average Bonchev–Trinajstić information content (AvgIpc) is 3.16. The number of carbonyl (C=O) groups is 2. The van der Waals surface area contributed by atoms with E-state index in [1.165, 1.54) is 0 Å². The maximum Gasteiger partial charge on any atom is 0.227 e. The SMILES string of the molecule is CN(Cc1ccn[nH]1)C(=O)[C@@H]1CCC(=O)N(CCCN2CCOCC2)C1. The Hall–Kier alpha value is -1.93. The molecule has 0 saturated carbocycles. The van der Waals surface area contributed by atoms with Crippen LogP contribution >= 0.6 is 0 Å². The fourth-order valence-electron chi connectivity index (χ4n) is 3.66. The number of likely N-dealkylation sites (tertiary alicyclic amines) is 1. The molecule has 1 atom stereocenters. The molecule has 0 radical (unpaired) electrons. The average molecular weight is 363 g/mol. The first-order chi connectivity index (χ1) is 12.6. The van der Waals surface area contributed by atoms with Crippen LogP contribution in [0.1, 0.15) is 25.0 Å². The Balaban J connectivity index is 1.45. The summed E-state index contributed by atoms with van der Waals surface area (Å²) in [7, 11) is 1.81. The van der Waals surface area contributed by atoms with Crippen molar-refractivity contribution in [2.45, 2.75) is 25.8 Å². The monoisotopic (exact) mass is 363 g/mol. The summed E-state index contributed by atoms with van der Waals surface area (Å²) in [5.41, 5.74) is 0.912. The van der Waals surface area contributed by atoms with Crippen molar-refractivity contribution in [1.29, 1.82) is 0 Å². The Morgan fingerprint density at radius 3 is 2.92 bits per heavy atom. The first-order valence-corrected chi connectivity index (χ1v) is 9.44. The Morgan fingerprint density at radius 2 is 2.19 bits per heavy atom. The van der Waals surface area contributed by atoms with Gasteiger partial charge in [0, 0.05) is 52.4 Å². The first kappa shape index (κ1) is 18.8. The molecule has 3 rings (SSSR count). The molecule has 2 aliphatic heterocycles. The van der Waals surface area contributed by atoms with Gasteiger partial charge in [0.2, 0.25) is 11.8 Å². The van der Waals surface area contributed by atoms with Crippen LogP contribution in [0.4, 0.5) is 0 Å². The summed E-state index contributed by atoms with van der Waals surface area (Å²) >= 11 is 0. The Labute approximate surface area is 154 Å². The van der Waals surface area contributed by atoms with Crippen molar-refractivity contribution in [2.75, 3.05) is 53.0 Å². The van der Waals surface area contributed by atoms with Gasteiger partial charge in [0.25, 0.3) is 0 Å². The van der Waals surface area contributed by atoms with E-state index in [2.05, 4.69) is 15.1 Å². The van der Waals surface area contributed by atoms with Gasteiger partial charge < -0.3 is 14.5 Å². The van der Waals surface area contributed by atoms with Crippen LogP contribution in [-0.4, -0.2) is 89.7 Å². The molecule has 2 fully saturated rings. The molecule has 144 valence electrons. The zero-order chi connectivity index (χ0) is 18.4. The lowest BCUT2D eigenvalue weighted by atomic mass is 9.96. The van der Waals surface area contributed by atoms with Crippen LogP contribution in [0.15, 0.2) is 12.3 Å². The normalized spacial score (nSPS) is 21.8. The molecule has 0 spiro atoms. The Bertz CT molecular complexity index is 586. The van der Waals surface area contributed by atoms with Crippen LogP contribution in [0.2, 0.25) is 0 Å². The molecular formula is C18H29N5O3. The molecule has 2 aliphatic rings. The van der Waals surface area contributed by atoms with Crippen molar-refractivity contribution in [3.05, 3.63) is 18.0 Å². The van der Waals surface area contributed by atoms with E-state index in [1.807, 2.05) is 18.0 Å². The maximum atomic E-state index is 12.7. The van der Waals surface area contributed by atoms with Gasteiger partial charge in [-0.25, -0.2) is 0 Å². The van der Waals surface area contributed by atoms with Crippen molar-refractivity contribution in [1.82, 2.24) is 24.9 Å². The molecule has 0 bridgehead atoms. The number of morpholine rings is 1. The number of carbonyl (C=O) groups excluding carboxylic acids is 2. The molecule has 1 N–H and O–H groups in total. The lowest BCUT2D eigenvalue weighted by Crippen LogP contribution is -2.47. The number of amides is 2. The van der Waals surface area contributed by atoms with E-state index in [9.17, 15) is 9.59 Å². The quantitative estimate of drug-likeness (QED) is 0.755. The number of hydrogen-bond donors (Lipinski definition) is 1. The highest BCUT2D eigenvalue weighted by Crippen LogP contribution is 2.20. The van der Waals surface area contributed by atoms with Gasteiger partial charge >= 0.3 is 0 Å². The van der Waals surface area contributed by atoms with Gasteiger partial charge in [-0.1, -0.05) is 0 Å². The first-order valence-electron chi connectivity index (χ1n) is 9.44. The zero-order valence-electron chi connectivity index (χ0n) is 15.5. The number of rotatable bonds is 7. The summed E-state index contributed by atoms with van der Waals surface area (Å²) < 4.78 is 5.36. The van der Waals surface area contributed by atoms with Crippen LogP contribution in [0.5, 0.6) is 0 Å². The predicted molar refractivity (Wildman–Crippen MR) is 96.2 cm³/mol. The fourth-order valence-corrected chi connectivity index (χ4v) is 3.66. The number of ether oxygens (including phenoxy) is 1. The van der Waals surface area contributed by atoms with E-state index >= 15 is 0 Å². The third-order valence-corrected chi connectivity index (χ3v) is 5.20. The largest absolute Gasteiger partial charge is 0.379 e. The molecular weight excluding hydrogens is 334 g/mol. The second-order valence-electron chi connectivity index (χ2n) is 7.16. The van der Waals surface area contributed by atoms with Crippen LogP contribution in [0, 0.1) is 5.92 Å². The van der Waals surface area contributed by atoms with E-state index in [4.69, 9.17) is 4.74 Å². The van der Waals surface area contributed by atoms with Crippen molar-refractivity contribution >= 4 is 11.8 Å². The third-order valence-electron chi connectivity index (χ3n) is 5.20. The second kappa shape index (κ2) is 9.14. The smallest absolute Gasteiger partial charge is 0.227 e. The molecule has 8 heteroatoms. The highest BCUT2D eigenvalue weighted by atomic mass is 16.5. The minimum atomic E-state index is -0.107. The predicted octanol–water partition coefficient (Wildman–Crippen LogP) is 0.329. The number of aromatic amines is 1. The lowest BCUT2D eigenvalue weighted by molar-refractivity contribution is -0.142. The third kappa shape index (κ3) is 5.04. The standard InChI is InChI=1S/C18H29N5O3/c1-21(14-16-5-6-19-20-16)18(25)15-3-4-17(24)23(13-15)8-2-7-22-9-11-26-12-10-22/h5-6,15H,2-4,7-14H2,1H3,(H,19,20)/t15-/m1/s1. The van der Waals surface area contributed by atoms with Crippen molar-refractivity contribution in [3.8, 4) is 0 Å². The van der Waals surface area contributed by atoms with Gasteiger partial charge in [0.05, 0.1) is 31.4 Å². The Morgan fingerprint density at radius 1 is 1.38 bits per heavy atom. The number of aromatic nitrogens is 2. The van der Waals surface area contributed by atoms with Gasteiger partial charge in [-0.15, -0.1) is 0 Å². The molecule has 0 aromatic carbocycles. The van der Waals surface area contributed by atoms with E-state index in [-0.39, 0.29) is 17.7 Å². The molecule has 8 nitrogen and oxygen atoms in total. The molecule has 0 aliphatic carbocycles. The highest BCUT2D eigenvalue weighted by Gasteiger charge is 2.31. The van der Waals surface area contributed by atoms with Crippen LogP contribution in [0.3, 0.4) is 0 Å². The summed E-state index contributed by atoms with van der Waals surface area (Å²) in [6, 6.07) is 1.87. The number of nitrogens with one attached hydrogen (secondary N) is 1. The number of piperidine rings is 1. The summed E-state index contributed by atoms with van der Waals surface area (Å²) in [6.45, 7) is 6.27. The fraction of sp³-hybridized carbons (Fsp3) is 0.722. The van der Waals surface area contributed by atoms with Crippen molar-refractivity contribution < 1.29 is 14.3 Å². The van der Waals surface area contributed by atoms with E-state index in [0.29, 0.717) is 25.9 Å². The van der Waals surface area contributed by atoms with Gasteiger partial charge in [0.15, 0.2) is 0 Å². The number of nitrogens with zero attached hydrogens (tertiary/aromatic N) is 4. The van der Waals surface area contributed by atoms with Crippen LogP contribution < -0.4 is 0 Å². The molecule has 2 saturated heterocycles. The summed E-state index contributed by atoms with van der Waals surface area (Å²) in [5.74, 6) is 0.168. The minimum absolute atomic E-state index is 0.102. The molecule has 26 heavy (non-hydrogen) atoms.